The third-order valence-electron chi connectivity index (χ3n) is 3.81. The highest BCUT2D eigenvalue weighted by molar-refractivity contribution is 5.92. The monoisotopic (exact) mass is 300 g/mol. The van der Waals surface area contributed by atoms with Crippen LogP contribution in [0.4, 0.5) is 8.78 Å². The smallest absolute Gasteiger partial charge is 0.319 e. The Morgan fingerprint density at radius 3 is 2.95 bits per heavy atom. The van der Waals surface area contributed by atoms with E-state index in [0.717, 1.165) is 43.3 Å². The molecule has 1 fully saturated rings. The van der Waals surface area contributed by atoms with Crippen molar-refractivity contribution in [2.75, 3.05) is 13.2 Å². The van der Waals surface area contributed by atoms with Gasteiger partial charge < -0.3 is 10.1 Å². The fourth-order valence-electron chi connectivity index (χ4n) is 2.66. The molecular formula is C15H22F2N2O2. The lowest BCUT2D eigenvalue weighted by Crippen LogP contribution is -2.27. The molecule has 0 radical (unpaired) electrons. The number of ether oxygens (including phenoxy) is 1. The molecule has 0 spiro atoms. The Morgan fingerprint density at radius 2 is 2.29 bits per heavy atom. The van der Waals surface area contributed by atoms with Crippen LogP contribution in [0.15, 0.2) is 12.1 Å². The first kappa shape index (κ1) is 15.9. The minimum atomic E-state index is -2.69. The summed E-state index contributed by atoms with van der Waals surface area (Å²) in [6.45, 7) is 0.217. The number of nitrogens with one attached hydrogen (secondary N) is 1. The maximum Gasteiger partial charge on any atom is 0.319 e. The van der Waals surface area contributed by atoms with Crippen molar-refractivity contribution >= 4 is 5.91 Å². The molecule has 0 saturated carbocycles. The molecule has 1 unspecified atom stereocenters. The number of carbonyl (C=O) groups is 1. The van der Waals surface area contributed by atoms with Gasteiger partial charge in [-0.2, -0.15) is 8.78 Å². The van der Waals surface area contributed by atoms with Crippen LogP contribution < -0.4 is 5.32 Å². The number of aromatic nitrogens is 1. The van der Waals surface area contributed by atoms with Gasteiger partial charge in [-0.3, -0.25) is 9.36 Å². The van der Waals surface area contributed by atoms with Gasteiger partial charge in [0, 0.05) is 18.8 Å². The number of aryl methyl sites for hydroxylation is 1. The maximum absolute atomic E-state index is 12.9. The van der Waals surface area contributed by atoms with Crippen molar-refractivity contribution < 1.29 is 18.3 Å². The third kappa shape index (κ3) is 4.27. The molecule has 0 aliphatic carbocycles. The standard InChI is InChI=1S/C15H22F2N2O2/c1-11-7-8-13(19(11)15(16)17)14(20)18-9-3-2-5-12-6-4-10-21-12/h7-8,12,15H,2-6,9-10H2,1H3,(H,18,20). The van der Waals surface area contributed by atoms with E-state index in [0.29, 0.717) is 18.3 Å². The summed E-state index contributed by atoms with van der Waals surface area (Å²) in [4.78, 5) is 11.9. The summed E-state index contributed by atoms with van der Waals surface area (Å²) in [6, 6.07) is 2.96. The average Bonchev–Trinajstić information content (AvgIpc) is 3.07. The molecule has 1 aromatic rings. The Bertz CT molecular complexity index is 468. The van der Waals surface area contributed by atoms with E-state index >= 15 is 0 Å². The molecule has 1 N–H and O–H groups in total. The molecule has 2 heterocycles. The molecule has 1 aliphatic heterocycles. The van der Waals surface area contributed by atoms with Gasteiger partial charge in [0.1, 0.15) is 5.69 Å². The molecule has 118 valence electrons. The summed E-state index contributed by atoms with van der Waals surface area (Å²) in [6.07, 6.45) is 5.42. The summed E-state index contributed by atoms with van der Waals surface area (Å²) in [5, 5.41) is 2.70. The van der Waals surface area contributed by atoms with Gasteiger partial charge in [0.25, 0.3) is 5.91 Å². The molecule has 0 aromatic carbocycles. The quantitative estimate of drug-likeness (QED) is 0.785. The van der Waals surface area contributed by atoms with Crippen molar-refractivity contribution in [3.05, 3.63) is 23.5 Å². The highest BCUT2D eigenvalue weighted by Gasteiger charge is 2.19. The van der Waals surface area contributed by atoms with Crippen LogP contribution in [0.2, 0.25) is 0 Å². The lowest BCUT2D eigenvalue weighted by atomic mass is 10.1. The SMILES string of the molecule is Cc1ccc(C(=O)NCCCCC2CCCO2)n1C(F)F. The molecule has 1 aromatic heterocycles. The number of rotatable bonds is 7. The molecule has 0 bridgehead atoms. The number of alkyl halides is 2. The average molecular weight is 300 g/mol. The van der Waals surface area contributed by atoms with Gasteiger partial charge in [-0.15, -0.1) is 0 Å². The number of halogens is 2. The lowest BCUT2D eigenvalue weighted by Gasteiger charge is -2.11. The van der Waals surface area contributed by atoms with Crippen LogP contribution in [0, 0.1) is 6.92 Å². The number of amides is 1. The fourth-order valence-corrected chi connectivity index (χ4v) is 2.66. The topological polar surface area (TPSA) is 43.3 Å². The van der Waals surface area contributed by atoms with E-state index in [1.807, 2.05) is 0 Å². The van der Waals surface area contributed by atoms with E-state index in [2.05, 4.69) is 5.32 Å². The van der Waals surface area contributed by atoms with Gasteiger partial charge in [-0.1, -0.05) is 0 Å². The second-order valence-electron chi connectivity index (χ2n) is 5.39. The minimum absolute atomic E-state index is 0.0154. The van der Waals surface area contributed by atoms with Gasteiger partial charge in [-0.05, 0) is 51.2 Å². The predicted octanol–water partition coefficient (Wildman–Crippen LogP) is 3.27. The molecule has 1 atom stereocenters. The first-order valence-corrected chi connectivity index (χ1v) is 7.45. The van der Waals surface area contributed by atoms with Crippen LogP contribution in [-0.4, -0.2) is 29.7 Å². The zero-order valence-electron chi connectivity index (χ0n) is 12.3. The van der Waals surface area contributed by atoms with E-state index in [9.17, 15) is 13.6 Å². The van der Waals surface area contributed by atoms with Crippen LogP contribution in [-0.2, 0) is 4.74 Å². The number of nitrogens with zero attached hydrogens (tertiary/aromatic N) is 1. The minimum Gasteiger partial charge on any atom is -0.378 e. The Balaban J connectivity index is 1.72. The second-order valence-corrected chi connectivity index (χ2v) is 5.39. The number of carbonyl (C=O) groups excluding carboxylic acids is 1. The van der Waals surface area contributed by atoms with Crippen molar-refractivity contribution in [2.45, 2.75) is 51.7 Å². The van der Waals surface area contributed by atoms with E-state index in [-0.39, 0.29) is 5.69 Å². The first-order chi connectivity index (χ1) is 10.1. The normalized spacial score (nSPS) is 18.4. The van der Waals surface area contributed by atoms with Crippen molar-refractivity contribution in [2.24, 2.45) is 0 Å². The van der Waals surface area contributed by atoms with Gasteiger partial charge >= 0.3 is 6.55 Å². The van der Waals surface area contributed by atoms with Crippen molar-refractivity contribution in [3.63, 3.8) is 0 Å². The zero-order chi connectivity index (χ0) is 15.2. The number of unbranched alkanes of at least 4 members (excludes halogenated alkanes) is 1. The Kier molecular flexibility index (Phi) is 5.73. The molecule has 1 amide bonds. The first-order valence-electron chi connectivity index (χ1n) is 7.45. The molecule has 1 aliphatic rings. The van der Waals surface area contributed by atoms with E-state index in [1.54, 1.807) is 6.92 Å². The predicted molar refractivity (Wildman–Crippen MR) is 75.6 cm³/mol. The summed E-state index contributed by atoms with van der Waals surface area (Å²) < 4.78 is 32.0. The van der Waals surface area contributed by atoms with Crippen LogP contribution in [0.3, 0.4) is 0 Å². The van der Waals surface area contributed by atoms with Crippen molar-refractivity contribution in [3.8, 4) is 0 Å². The fraction of sp³-hybridized carbons (Fsp3) is 0.667. The largest absolute Gasteiger partial charge is 0.378 e. The Labute approximate surface area is 123 Å². The van der Waals surface area contributed by atoms with Gasteiger partial charge in [0.2, 0.25) is 0 Å². The summed E-state index contributed by atoms with van der Waals surface area (Å²) in [5.74, 6) is -0.444. The second kappa shape index (κ2) is 7.54. The highest BCUT2D eigenvalue weighted by atomic mass is 19.3. The summed E-state index contributed by atoms with van der Waals surface area (Å²) in [7, 11) is 0. The van der Waals surface area contributed by atoms with Crippen molar-refractivity contribution in [1.82, 2.24) is 9.88 Å². The van der Waals surface area contributed by atoms with Gasteiger partial charge in [-0.25, -0.2) is 0 Å². The molecular weight excluding hydrogens is 278 g/mol. The number of hydrogen-bond donors (Lipinski definition) is 1. The van der Waals surface area contributed by atoms with E-state index in [1.165, 1.54) is 12.1 Å². The third-order valence-corrected chi connectivity index (χ3v) is 3.81. The van der Waals surface area contributed by atoms with Gasteiger partial charge in [0.15, 0.2) is 0 Å². The molecule has 4 nitrogen and oxygen atoms in total. The van der Waals surface area contributed by atoms with Crippen molar-refractivity contribution in [1.29, 1.82) is 0 Å². The van der Waals surface area contributed by atoms with Gasteiger partial charge in [0.05, 0.1) is 6.10 Å². The molecule has 21 heavy (non-hydrogen) atoms. The zero-order valence-corrected chi connectivity index (χ0v) is 12.3. The van der Waals surface area contributed by atoms with Crippen LogP contribution in [0.25, 0.3) is 0 Å². The molecule has 6 heteroatoms. The molecule has 1 saturated heterocycles. The highest BCUT2D eigenvalue weighted by Crippen LogP contribution is 2.19. The van der Waals surface area contributed by atoms with Crippen LogP contribution >= 0.6 is 0 Å². The van der Waals surface area contributed by atoms with Crippen LogP contribution in [0.1, 0.15) is 54.8 Å². The summed E-state index contributed by atoms with van der Waals surface area (Å²) >= 11 is 0. The van der Waals surface area contributed by atoms with Crippen LogP contribution in [0.5, 0.6) is 0 Å². The van der Waals surface area contributed by atoms with E-state index < -0.39 is 12.5 Å². The number of hydrogen-bond acceptors (Lipinski definition) is 2. The summed E-state index contributed by atoms with van der Waals surface area (Å²) in [5.41, 5.74) is 0.398. The Hall–Kier alpha value is -1.43. The lowest BCUT2D eigenvalue weighted by molar-refractivity contribution is 0.0617. The Morgan fingerprint density at radius 1 is 1.48 bits per heavy atom. The maximum atomic E-state index is 12.9. The molecule has 2 rings (SSSR count). The van der Waals surface area contributed by atoms with E-state index in [4.69, 9.17) is 4.74 Å².